The van der Waals surface area contributed by atoms with Gasteiger partial charge in [0.1, 0.15) is 6.33 Å². The predicted molar refractivity (Wildman–Crippen MR) is 133 cm³/mol. The predicted octanol–water partition coefficient (Wildman–Crippen LogP) is 4.14. The first-order chi connectivity index (χ1) is 15.6. The normalized spacial score (nSPS) is 11.1. The van der Waals surface area contributed by atoms with Crippen LogP contribution in [0.3, 0.4) is 0 Å². The van der Waals surface area contributed by atoms with Crippen molar-refractivity contribution in [1.82, 2.24) is 25.4 Å². The molecule has 0 fully saturated rings. The van der Waals surface area contributed by atoms with E-state index < -0.39 is 6.61 Å². The number of rotatable bonds is 10. The monoisotopic (exact) mass is 572 g/mol. The van der Waals surface area contributed by atoms with Gasteiger partial charge in [0.05, 0.1) is 19.7 Å². The summed E-state index contributed by atoms with van der Waals surface area (Å²) < 4.78 is 37.9. The van der Waals surface area contributed by atoms with Crippen LogP contribution in [0, 0.1) is 0 Å². The maximum atomic E-state index is 12.9. The van der Waals surface area contributed by atoms with Gasteiger partial charge in [-0.15, -0.1) is 34.2 Å². The summed E-state index contributed by atoms with van der Waals surface area (Å²) in [7, 11) is 0. The van der Waals surface area contributed by atoms with E-state index in [0.29, 0.717) is 37.0 Å². The summed E-state index contributed by atoms with van der Waals surface area (Å²) in [5.74, 6) is 1.45. The van der Waals surface area contributed by atoms with Gasteiger partial charge in [-0.3, -0.25) is 4.57 Å². The molecule has 0 radical (unpaired) electrons. The van der Waals surface area contributed by atoms with Crippen LogP contribution in [0.1, 0.15) is 25.2 Å². The van der Waals surface area contributed by atoms with Crippen molar-refractivity contribution < 1.29 is 18.3 Å². The Balaban J connectivity index is 0.00000385. The van der Waals surface area contributed by atoms with E-state index in [1.165, 1.54) is 0 Å². The fraction of sp³-hybridized carbons (Fsp3) is 0.318. The molecule has 2 aromatic carbocycles. The van der Waals surface area contributed by atoms with Crippen molar-refractivity contribution in [3.8, 4) is 17.2 Å². The number of hydrogen-bond acceptors (Lipinski definition) is 5. The molecule has 1 heterocycles. The van der Waals surface area contributed by atoms with Crippen LogP contribution in [0.25, 0.3) is 5.69 Å². The highest BCUT2D eigenvalue weighted by molar-refractivity contribution is 14.0. The Labute approximate surface area is 208 Å². The van der Waals surface area contributed by atoms with Gasteiger partial charge in [-0.1, -0.05) is 30.3 Å². The van der Waals surface area contributed by atoms with E-state index in [1.807, 2.05) is 41.8 Å². The lowest BCUT2D eigenvalue weighted by Crippen LogP contribution is -2.37. The van der Waals surface area contributed by atoms with Crippen LogP contribution < -0.4 is 20.1 Å². The van der Waals surface area contributed by atoms with Crippen LogP contribution in [0.2, 0.25) is 0 Å². The summed E-state index contributed by atoms with van der Waals surface area (Å²) in [6.07, 6.45) is 1.64. The third kappa shape index (κ3) is 7.55. The molecule has 0 saturated carbocycles. The SMILES string of the molecule is CCNC(=NCc1cccc(OCC)c1OC(F)F)NCc1nncn1-c1ccccc1.I. The van der Waals surface area contributed by atoms with Gasteiger partial charge in [0.15, 0.2) is 23.3 Å². The van der Waals surface area contributed by atoms with Gasteiger partial charge in [0.2, 0.25) is 0 Å². The highest BCUT2D eigenvalue weighted by atomic mass is 127. The topological polar surface area (TPSA) is 85.6 Å². The number of hydrogen-bond donors (Lipinski definition) is 2. The first kappa shape index (κ1) is 26.3. The number of aromatic nitrogens is 3. The van der Waals surface area contributed by atoms with Crippen LogP contribution in [-0.4, -0.2) is 40.5 Å². The molecular weight excluding hydrogens is 545 g/mol. The molecule has 0 unspecified atom stereocenters. The van der Waals surface area contributed by atoms with E-state index >= 15 is 0 Å². The van der Waals surface area contributed by atoms with Crippen molar-refractivity contribution in [3.05, 3.63) is 66.2 Å². The van der Waals surface area contributed by atoms with Gasteiger partial charge in [0.25, 0.3) is 0 Å². The van der Waals surface area contributed by atoms with E-state index in [-0.39, 0.29) is 42.0 Å². The number of nitrogens with zero attached hydrogens (tertiary/aromatic N) is 4. The molecule has 0 amide bonds. The zero-order valence-corrected chi connectivity index (χ0v) is 20.7. The van der Waals surface area contributed by atoms with Crippen molar-refractivity contribution in [2.24, 2.45) is 4.99 Å². The lowest BCUT2D eigenvalue weighted by atomic mass is 10.2. The molecule has 0 aliphatic rings. The van der Waals surface area contributed by atoms with Crippen LogP contribution in [0.15, 0.2) is 59.9 Å². The Hall–Kier alpha value is -2.96. The number of halogens is 3. The number of para-hydroxylation sites is 2. The van der Waals surface area contributed by atoms with E-state index in [2.05, 4.69) is 25.8 Å². The number of aliphatic imine (C=N–C) groups is 1. The van der Waals surface area contributed by atoms with Crippen molar-refractivity contribution in [3.63, 3.8) is 0 Å². The van der Waals surface area contributed by atoms with Crippen molar-refractivity contribution in [2.75, 3.05) is 13.2 Å². The minimum absolute atomic E-state index is 0. The van der Waals surface area contributed by atoms with Crippen molar-refractivity contribution in [2.45, 2.75) is 33.5 Å². The number of guanidine groups is 1. The molecule has 1 aromatic heterocycles. The van der Waals surface area contributed by atoms with Crippen molar-refractivity contribution in [1.29, 1.82) is 0 Å². The van der Waals surface area contributed by atoms with E-state index in [9.17, 15) is 8.78 Å². The second kappa shape index (κ2) is 13.6. The third-order valence-corrected chi connectivity index (χ3v) is 4.39. The number of benzene rings is 2. The zero-order chi connectivity index (χ0) is 22.8. The average Bonchev–Trinajstić information content (AvgIpc) is 3.26. The molecule has 11 heteroatoms. The molecule has 2 N–H and O–H groups in total. The summed E-state index contributed by atoms with van der Waals surface area (Å²) in [4.78, 5) is 4.51. The van der Waals surface area contributed by atoms with Gasteiger partial charge in [0, 0.05) is 17.8 Å². The number of nitrogens with one attached hydrogen (secondary N) is 2. The molecule has 8 nitrogen and oxygen atoms in total. The molecule has 0 aliphatic heterocycles. The molecule has 0 saturated heterocycles. The highest BCUT2D eigenvalue weighted by Crippen LogP contribution is 2.33. The van der Waals surface area contributed by atoms with Gasteiger partial charge in [-0.2, -0.15) is 8.78 Å². The molecule has 3 rings (SSSR count). The minimum Gasteiger partial charge on any atom is -0.490 e. The molecular formula is C22H27F2IN6O2. The number of alkyl halides is 2. The Morgan fingerprint density at radius 1 is 1.09 bits per heavy atom. The average molecular weight is 572 g/mol. The van der Waals surface area contributed by atoms with E-state index in [4.69, 9.17) is 9.47 Å². The van der Waals surface area contributed by atoms with Gasteiger partial charge in [-0.05, 0) is 32.0 Å². The fourth-order valence-electron chi connectivity index (χ4n) is 3.03. The zero-order valence-electron chi connectivity index (χ0n) is 18.4. The quantitative estimate of drug-likeness (QED) is 0.216. The van der Waals surface area contributed by atoms with Crippen LogP contribution in [0.4, 0.5) is 8.78 Å². The Morgan fingerprint density at radius 3 is 2.58 bits per heavy atom. The second-order valence-electron chi connectivity index (χ2n) is 6.56. The standard InChI is InChI=1S/C22H26F2N6O2.HI/c1-3-25-22(27-14-19-29-28-15-30(19)17-10-6-5-7-11-17)26-13-16-9-8-12-18(31-4-2)20(16)32-21(23)24;/h5-12,15,21H,3-4,13-14H2,1-2H3,(H2,25,26,27);1H. The van der Waals surface area contributed by atoms with Crippen LogP contribution >= 0.6 is 24.0 Å². The fourth-order valence-corrected chi connectivity index (χ4v) is 3.03. The summed E-state index contributed by atoms with van der Waals surface area (Å²) >= 11 is 0. The molecule has 0 aliphatic carbocycles. The molecule has 0 spiro atoms. The Kier molecular flexibility index (Phi) is 10.8. The Bertz CT molecular complexity index is 1020. The summed E-state index contributed by atoms with van der Waals surface area (Å²) in [6.45, 7) is 2.18. The molecule has 0 atom stereocenters. The lowest BCUT2D eigenvalue weighted by Gasteiger charge is -2.15. The molecule has 3 aromatic rings. The summed E-state index contributed by atoms with van der Waals surface area (Å²) in [5.41, 5.74) is 1.43. The molecule has 0 bridgehead atoms. The summed E-state index contributed by atoms with van der Waals surface area (Å²) in [6, 6.07) is 14.7. The number of ether oxygens (including phenoxy) is 2. The van der Waals surface area contributed by atoms with E-state index in [1.54, 1.807) is 31.5 Å². The van der Waals surface area contributed by atoms with Gasteiger partial charge in [-0.25, -0.2) is 4.99 Å². The van der Waals surface area contributed by atoms with Gasteiger partial charge >= 0.3 is 6.61 Å². The van der Waals surface area contributed by atoms with Gasteiger partial charge < -0.3 is 20.1 Å². The van der Waals surface area contributed by atoms with Crippen molar-refractivity contribution >= 4 is 29.9 Å². The highest BCUT2D eigenvalue weighted by Gasteiger charge is 2.16. The molecule has 33 heavy (non-hydrogen) atoms. The lowest BCUT2D eigenvalue weighted by molar-refractivity contribution is -0.0520. The maximum Gasteiger partial charge on any atom is 0.387 e. The maximum absolute atomic E-state index is 12.9. The first-order valence-electron chi connectivity index (χ1n) is 10.3. The van der Waals surface area contributed by atoms with E-state index in [0.717, 1.165) is 5.69 Å². The minimum atomic E-state index is -2.96. The smallest absolute Gasteiger partial charge is 0.387 e. The summed E-state index contributed by atoms with van der Waals surface area (Å²) in [5, 5.41) is 14.5. The Morgan fingerprint density at radius 2 is 1.88 bits per heavy atom. The molecule has 178 valence electrons. The van der Waals surface area contributed by atoms with Crippen LogP contribution in [-0.2, 0) is 13.1 Å². The second-order valence-corrected chi connectivity index (χ2v) is 6.56. The first-order valence-corrected chi connectivity index (χ1v) is 10.3. The largest absolute Gasteiger partial charge is 0.490 e. The van der Waals surface area contributed by atoms with Crippen LogP contribution in [0.5, 0.6) is 11.5 Å². The third-order valence-electron chi connectivity index (χ3n) is 4.39.